The molecular weight excluding hydrogens is 340 g/mol. The highest BCUT2D eigenvalue weighted by atomic mass is 16.2. The molecule has 3 amide bonds. The molecule has 0 bridgehead atoms. The lowest BCUT2D eigenvalue weighted by molar-refractivity contribution is -0.897. The Morgan fingerprint density at radius 2 is 1.70 bits per heavy atom. The van der Waals surface area contributed by atoms with Gasteiger partial charge in [-0.15, -0.1) is 0 Å². The van der Waals surface area contributed by atoms with Crippen LogP contribution in [0.15, 0.2) is 30.3 Å². The van der Waals surface area contributed by atoms with E-state index in [9.17, 15) is 9.59 Å². The molecule has 1 aliphatic heterocycles. The van der Waals surface area contributed by atoms with E-state index < -0.39 is 0 Å². The van der Waals surface area contributed by atoms with Crippen molar-refractivity contribution < 1.29 is 14.5 Å². The van der Waals surface area contributed by atoms with E-state index in [1.807, 2.05) is 30.3 Å². The zero-order chi connectivity index (χ0) is 19.1. The van der Waals surface area contributed by atoms with Crippen LogP contribution in [-0.4, -0.2) is 43.7 Å². The molecule has 3 rings (SSSR count). The predicted molar refractivity (Wildman–Crippen MR) is 107 cm³/mol. The third-order valence-electron chi connectivity index (χ3n) is 5.93. The smallest absolute Gasteiger partial charge is 0.319 e. The minimum Gasteiger partial charge on any atom is -0.348 e. The summed E-state index contributed by atoms with van der Waals surface area (Å²) < 4.78 is 0. The van der Waals surface area contributed by atoms with Gasteiger partial charge in [0, 0.05) is 30.6 Å². The number of piperidine rings is 1. The molecule has 4 N–H and O–H groups in total. The summed E-state index contributed by atoms with van der Waals surface area (Å²) in [7, 11) is 0. The number of nitrogens with one attached hydrogen (secondary N) is 4. The van der Waals surface area contributed by atoms with Crippen LogP contribution < -0.4 is 20.9 Å². The van der Waals surface area contributed by atoms with Crippen molar-refractivity contribution in [2.75, 3.05) is 25.0 Å². The highest BCUT2D eigenvalue weighted by Crippen LogP contribution is 2.23. The molecule has 2 atom stereocenters. The minimum atomic E-state index is -0.154. The largest absolute Gasteiger partial charge is 0.348 e. The first-order valence-corrected chi connectivity index (χ1v) is 10.4. The lowest BCUT2D eigenvalue weighted by atomic mass is 9.86. The summed E-state index contributed by atoms with van der Waals surface area (Å²) in [6.45, 7) is 4.63. The molecule has 0 unspecified atom stereocenters. The van der Waals surface area contributed by atoms with Crippen LogP contribution in [-0.2, 0) is 4.79 Å². The second kappa shape index (κ2) is 9.74. The number of hydrogen-bond acceptors (Lipinski definition) is 2. The normalized spacial score (nSPS) is 28.2. The van der Waals surface area contributed by atoms with Gasteiger partial charge in [0.2, 0.25) is 0 Å². The molecule has 0 aromatic heterocycles. The summed E-state index contributed by atoms with van der Waals surface area (Å²) in [5, 5.41) is 9.16. The maximum Gasteiger partial charge on any atom is 0.319 e. The Hall–Kier alpha value is -2.08. The van der Waals surface area contributed by atoms with Crippen molar-refractivity contribution in [1.29, 1.82) is 0 Å². The van der Waals surface area contributed by atoms with Crippen LogP contribution in [0.3, 0.4) is 0 Å². The molecule has 1 saturated heterocycles. The highest BCUT2D eigenvalue weighted by molar-refractivity contribution is 5.89. The number of anilines is 1. The Kier molecular flexibility index (Phi) is 7.10. The van der Waals surface area contributed by atoms with Crippen LogP contribution in [0, 0.1) is 5.92 Å². The Bertz CT molecular complexity index is 614. The minimum absolute atomic E-state index is 0.154. The Balaban J connectivity index is 1.34. The van der Waals surface area contributed by atoms with E-state index in [1.54, 1.807) is 0 Å². The van der Waals surface area contributed by atoms with E-state index in [4.69, 9.17) is 0 Å². The first-order chi connectivity index (χ1) is 13.1. The van der Waals surface area contributed by atoms with Crippen LogP contribution in [0.5, 0.6) is 0 Å². The standard InChI is InChI=1S/C21H32N4O2/c1-16-7-5-6-10-19(16)24-20(26)15-25-13-11-18(12-14-25)23-21(27)22-17-8-3-2-4-9-17/h2-4,8-9,16,18-19H,5-7,10-15H2,1H3,(H,24,26)(H2,22,23,27)/p+1/t16-,19+/m0/s1. The quantitative estimate of drug-likeness (QED) is 0.632. The molecule has 0 radical (unpaired) electrons. The molecule has 1 aliphatic carbocycles. The van der Waals surface area contributed by atoms with Gasteiger partial charge in [-0.05, 0) is 30.9 Å². The fraction of sp³-hybridized carbons (Fsp3) is 0.619. The molecule has 6 nitrogen and oxygen atoms in total. The molecule has 2 fully saturated rings. The zero-order valence-corrected chi connectivity index (χ0v) is 16.3. The first-order valence-electron chi connectivity index (χ1n) is 10.4. The molecule has 6 heteroatoms. The second-order valence-electron chi connectivity index (χ2n) is 8.10. The van der Waals surface area contributed by atoms with E-state index in [0.717, 1.165) is 38.0 Å². The maximum absolute atomic E-state index is 12.4. The number of likely N-dealkylation sites (tertiary alicyclic amines) is 1. The van der Waals surface area contributed by atoms with Crippen molar-refractivity contribution in [2.45, 2.75) is 57.5 Å². The number of rotatable bonds is 5. The van der Waals surface area contributed by atoms with Crippen molar-refractivity contribution in [2.24, 2.45) is 5.92 Å². The number of hydrogen-bond donors (Lipinski definition) is 4. The van der Waals surface area contributed by atoms with Gasteiger partial charge in [0.25, 0.3) is 5.91 Å². The third-order valence-corrected chi connectivity index (χ3v) is 5.93. The lowest BCUT2D eigenvalue weighted by Crippen LogP contribution is -3.14. The fourth-order valence-corrected chi connectivity index (χ4v) is 4.24. The summed E-state index contributed by atoms with van der Waals surface area (Å²) >= 11 is 0. The number of para-hydroxylation sites is 1. The summed E-state index contributed by atoms with van der Waals surface area (Å²) in [4.78, 5) is 25.8. The van der Waals surface area contributed by atoms with Gasteiger partial charge in [0.1, 0.15) is 0 Å². The number of carbonyl (C=O) groups is 2. The summed E-state index contributed by atoms with van der Waals surface area (Å²) in [5.74, 6) is 0.771. The monoisotopic (exact) mass is 373 g/mol. The van der Waals surface area contributed by atoms with E-state index in [-0.39, 0.29) is 18.0 Å². The van der Waals surface area contributed by atoms with Crippen molar-refractivity contribution in [3.63, 3.8) is 0 Å². The van der Waals surface area contributed by atoms with Crippen molar-refractivity contribution in [3.8, 4) is 0 Å². The molecule has 1 saturated carbocycles. The lowest BCUT2D eigenvalue weighted by Gasteiger charge is -2.32. The van der Waals surface area contributed by atoms with Crippen molar-refractivity contribution >= 4 is 17.6 Å². The van der Waals surface area contributed by atoms with E-state index in [2.05, 4.69) is 22.9 Å². The van der Waals surface area contributed by atoms with Gasteiger partial charge in [-0.1, -0.05) is 38.0 Å². The Labute approximate surface area is 162 Å². The predicted octanol–water partition coefficient (Wildman–Crippen LogP) is 1.55. The van der Waals surface area contributed by atoms with Gasteiger partial charge in [0.05, 0.1) is 13.1 Å². The first kappa shape index (κ1) is 19.7. The molecular formula is C21H33N4O2+. The molecule has 1 heterocycles. The van der Waals surface area contributed by atoms with Gasteiger partial charge in [-0.25, -0.2) is 4.79 Å². The van der Waals surface area contributed by atoms with Gasteiger partial charge in [-0.2, -0.15) is 0 Å². The molecule has 0 spiro atoms. The van der Waals surface area contributed by atoms with E-state index in [0.29, 0.717) is 18.5 Å². The van der Waals surface area contributed by atoms with Gasteiger partial charge in [-0.3, -0.25) is 4.79 Å². The summed E-state index contributed by atoms with van der Waals surface area (Å²) in [6, 6.07) is 9.85. The summed E-state index contributed by atoms with van der Waals surface area (Å²) in [5.41, 5.74) is 0.798. The van der Waals surface area contributed by atoms with Gasteiger partial charge in [0.15, 0.2) is 6.54 Å². The highest BCUT2D eigenvalue weighted by Gasteiger charge is 2.27. The van der Waals surface area contributed by atoms with Crippen LogP contribution in [0.25, 0.3) is 0 Å². The molecule has 148 valence electrons. The molecule has 1 aromatic rings. The zero-order valence-electron chi connectivity index (χ0n) is 16.3. The van der Waals surface area contributed by atoms with Gasteiger partial charge >= 0.3 is 6.03 Å². The average Bonchev–Trinajstić information content (AvgIpc) is 2.66. The van der Waals surface area contributed by atoms with E-state index >= 15 is 0 Å². The molecule has 27 heavy (non-hydrogen) atoms. The Morgan fingerprint density at radius 3 is 2.41 bits per heavy atom. The van der Waals surface area contributed by atoms with Crippen LogP contribution in [0.2, 0.25) is 0 Å². The number of benzene rings is 1. The van der Waals surface area contributed by atoms with Gasteiger partial charge < -0.3 is 20.9 Å². The van der Waals surface area contributed by atoms with Crippen molar-refractivity contribution in [1.82, 2.24) is 10.6 Å². The number of quaternary nitrogens is 1. The molecule has 2 aliphatic rings. The van der Waals surface area contributed by atoms with Crippen LogP contribution >= 0.6 is 0 Å². The van der Waals surface area contributed by atoms with E-state index in [1.165, 1.54) is 24.2 Å². The number of urea groups is 1. The molecule has 1 aromatic carbocycles. The number of carbonyl (C=O) groups excluding carboxylic acids is 2. The van der Waals surface area contributed by atoms with Crippen LogP contribution in [0.1, 0.15) is 45.4 Å². The second-order valence-corrected chi connectivity index (χ2v) is 8.10. The van der Waals surface area contributed by atoms with Crippen LogP contribution in [0.4, 0.5) is 10.5 Å². The Morgan fingerprint density at radius 1 is 1.00 bits per heavy atom. The maximum atomic E-state index is 12.4. The third kappa shape index (κ3) is 6.24. The van der Waals surface area contributed by atoms with Crippen molar-refractivity contribution in [3.05, 3.63) is 30.3 Å². The SMILES string of the molecule is C[C@H]1CCCC[C@H]1NC(=O)C[NH+]1CCC(NC(=O)Nc2ccccc2)CC1. The topological polar surface area (TPSA) is 74.7 Å². The fourth-order valence-electron chi connectivity index (χ4n) is 4.24. The summed E-state index contributed by atoms with van der Waals surface area (Å²) in [6.07, 6.45) is 6.67. The number of amides is 3. The average molecular weight is 374 g/mol.